The van der Waals surface area contributed by atoms with Crippen molar-refractivity contribution in [2.45, 2.75) is 58.2 Å². The smallest absolute Gasteiger partial charge is 0.304 e. The molecule has 1 aliphatic rings. The fourth-order valence-corrected chi connectivity index (χ4v) is 5.58. The van der Waals surface area contributed by atoms with Gasteiger partial charge in [0, 0.05) is 35.3 Å². The second-order valence-corrected chi connectivity index (χ2v) is 10.5. The van der Waals surface area contributed by atoms with Gasteiger partial charge in [0.2, 0.25) is 0 Å². The van der Waals surface area contributed by atoms with Crippen LogP contribution in [0, 0.1) is 0 Å². The van der Waals surface area contributed by atoms with Crippen LogP contribution in [-0.2, 0) is 30.9 Å². The number of carboxylic acid groups (broad SMARTS) is 1. The van der Waals surface area contributed by atoms with Gasteiger partial charge in [0.15, 0.2) is 0 Å². The second-order valence-electron chi connectivity index (χ2n) is 9.33. The first-order valence-electron chi connectivity index (χ1n) is 11.9. The average molecular weight is 476 g/mol. The molecule has 4 rings (SSSR count). The zero-order valence-electron chi connectivity index (χ0n) is 20.0. The standard InChI is InChI=1S/C29H33NO3S/c1-4-23(16-29(31)32)24-8-10-26(11-9-24)33-19-22-7-5-6-21(14-22)17-30-13-12-27-25(18-30)15-28(34-27)20(2)3/h4-11,14-15,20,23H,1,12-13,16-19H2,2-3H3,(H,31,32)/t23-/m0/s1. The predicted octanol–water partition coefficient (Wildman–Crippen LogP) is 6.75. The van der Waals surface area contributed by atoms with Crippen LogP contribution in [0.4, 0.5) is 0 Å². The molecule has 3 aromatic rings. The SMILES string of the molecule is C=C[C@@H](CC(=O)O)c1ccc(OCc2cccc(CN3CCc4sc(C(C)C)cc4C3)c2)cc1. The summed E-state index contributed by atoms with van der Waals surface area (Å²) >= 11 is 1.99. The number of fused-ring (bicyclic) bond motifs is 1. The first kappa shape index (κ1) is 24.2. The van der Waals surface area contributed by atoms with E-state index in [0.717, 1.165) is 42.9 Å². The Hall–Kier alpha value is -2.89. The molecule has 0 fully saturated rings. The molecule has 0 aliphatic carbocycles. The van der Waals surface area contributed by atoms with Crippen molar-refractivity contribution in [2.24, 2.45) is 0 Å². The quantitative estimate of drug-likeness (QED) is 0.329. The molecule has 4 nitrogen and oxygen atoms in total. The van der Waals surface area contributed by atoms with E-state index in [9.17, 15) is 4.79 Å². The van der Waals surface area contributed by atoms with Crippen molar-refractivity contribution in [3.8, 4) is 5.75 Å². The van der Waals surface area contributed by atoms with Gasteiger partial charge in [-0.25, -0.2) is 0 Å². The fourth-order valence-electron chi connectivity index (χ4n) is 4.41. The Morgan fingerprint density at radius 3 is 2.65 bits per heavy atom. The van der Waals surface area contributed by atoms with Crippen molar-refractivity contribution in [1.29, 1.82) is 0 Å². The maximum absolute atomic E-state index is 11.0. The highest BCUT2D eigenvalue weighted by molar-refractivity contribution is 7.12. The highest BCUT2D eigenvalue weighted by atomic mass is 32.1. The minimum Gasteiger partial charge on any atom is -0.489 e. The van der Waals surface area contributed by atoms with Gasteiger partial charge in [0.05, 0.1) is 6.42 Å². The summed E-state index contributed by atoms with van der Waals surface area (Å²) in [6.07, 6.45) is 2.87. The van der Waals surface area contributed by atoms with Gasteiger partial charge in [0.1, 0.15) is 12.4 Å². The van der Waals surface area contributed by atoms with E-state index in [-0.39, 0.29) is 12.3 Å². The van der Waals surface area contributed by atoms with Crippen LogP contribution in [0.1, 0.15) is 64.1 Å². The minimum atomic E-state index is -0.828. The van der Waals surface area contributed by atoms with Crippen molar-refractivity contribution < 1.29 is 14.6 Å². The van der Waals surface area contributed by atoms with Gasteiger partial charge in [-0.1, -0.05) is 56.3 Å². The lowest BCUT2D eigenvalue weighted by Crippen LogP contribution is -2.29. The van der Waals surface area contributed by atoms with Crippen LogP contribution in [0.2, 0.25) is 0 Å². The molecule has 178 valence electrons. The second kappa shape index (κ2) is 11.0. The van der Waals surface area contributed by atoms with Gasteiger partial charge in [-0.3, -0.25) is 9.69 Å². The molecule has 0 radical (unpaired) electrons. The molecule has 1 atom stereocenters. The number of allylic oxidation sites excluding steroid dienone is 1. The number of carboxylic acids is 1. The molecule has 5 heteroatoms. The molecule has 1 aliphatic heterocycles. The van der Waals surface area contributed by atoms with Gasteiger partial charge in [0.25, 0.3) is 0 Å². The molecule has 0 bridgehead atoms. The number of nitrogens with zero attached hydrogens (tertiary/aromatic N) is 1. The van der Waals surface area contributed by atoms with E-state index in [4.69, 9.17) is 9.84 Å². The van der Waals surface area contributed by atoms with E-state index in [2.05, 4.69) is 55.7 Å². The van der Waals surface area contributed by atoms with Gasteiger partial charge >= 0.3 is 5.97 Å². The Kier molecular flexibility index (Phi) is 7.86. The van der Waals surface area contributed by atoms with Crippen molar-refractivity contribution >= 4 is 17.3 Å². The summed E-state index contributed by atoms with van der Waals surface area (Å²) in [6, 6.07) is 18.7. The first-order valence-corrected chi connectivity index (χ1v) is 12.7. The lowest BCUT2D eigenvalue weighted by Gasteiger charge is -2.27. The highest BCUT2D eigenvalue weighted by Crippen LogP contribution is 2.32. The summed E-state index contributed by atoms with van der Waals surface area (Å²) in [4.78, 5) is 16.6. The average Bonchev–Trinajstić information content (AvgIpc) is 3.26. The summed E-state index contributed by atoms with van der Waals surface area (Å²) in [5, 5.41) is 9.06. The fraction of sp³-hybridized carbons (Fsp3) is 0.345. The summed E-state index contributed by atoms with van der Waals surface area (Å²) in [6.45, 7) is 11.9. The summed E-state index contributed by atoms with van der Waals surface area (Å²) < 4.78 is 6.00. The number of rotatable bonds is 10. The molecule has 0 unspecified atom stereocenters. The molecular weight excluding hydrogens is 442 g/mol. The number of ether oxygens (including phenoxy) is 1. The molecule has 0 spiro atoms. The summed E-state index contributed by atoms with van der Waals surface area (Å²) in [7, 11) is 0. The van der Waals surface area contributed by atoms with E-state index >= 15 is 0 Å². The Morgan fingerprint density at radius 2 is 1.94 bits per heavy atom. The van der Waals surface area contributed by atoms with Crippen molar-refractivity contribution in [1.82, 2.24) is 4.90 Å². The molecule has 1 N–H and O–H groups in total. The predicted molar refractivity (Wildman–Crippen MR) is 139 cm³/mol. The number of hydrogen-bond acceptors (Lipinski definition) is 4. The van der Waals surface area contributed by atoms with Crippen LogP contribution in [0.25, 0.3) is 0 Å². The van der Waals surface area contributed by atoms with Crippen molar-refractivity contribution in [3.63, 3.8) is 0 Å². The third-order valence-corrected chi connectivity index (χ3v) is 7.86. The normalized spacial score (nSPS) is 14.6. The first-order chi connectivity index (χ1) is 16.4. The Bertz CT molecular complexity index is 1130. The highest BCUT2D eigenvalue weighted by Gasteiger charge is 2.20. The lowest BCUT2D eigenvalue weighted by atomic mass is 9.96. The number of aliphatic carboxylic acids is 1. The van der Waals surface area contributed by atoms with Crippen LogP contribution < -0.4 is 4.74 Å². The van der Waals surface area contributed by atoms with E-state index in [1.807, 2.05) is 35.6 Å². The van der Waals surface area contributed by atoms with Crippen LogP contribution >= 0.6 is 11.3 Å². The third-order valence-electron chi connectivity index (χ3n) is 6.32. The molecule has 0 saturated heterocycles. The van der Waals surface area contributed by atoms with Crippen molar-refractivity contribution in [2.75, 3.05) is 6.54 Å². The van der Waals surface area contributed by atoms with Gasteiger partial charge in [-0.15, -0.1) is 17.9 Å². The number of carbonyl (C=O) groups is 1. The maximum atomic E-state index is 11.0. The zero-order valence-corrected chi connectivity index (χ0v) is 20.8. The van der Waals surface area contributed by atoms with Crippen LogP contribution in [-0.4, -0.2) is 22.5 Å². The van der Waals surface area contributed by atoms with Crippen LogP contribution in [0.15, 0.2) is 67.3 Å². The summed E-state index contributed by atoms with van der Waals surface area (Å²) in [5.41, 5.74) is 4.89. The number of benzene rings is 2. The van der Waals surface area contributed by atoms with Gasteiger partial charge < -0.3 is 9.84 Å². The number of hydrogen-bond donors (Lipinski definition) is 1. The Morgan fingerprint density at radius 1 is 1.18 bits per heavy atom. The van der Waals surface area contributed by atoms with E-state index in [0.29, 0.717) is 12.5 Å². The van der Waals surface area contributed by atoms with Crippen LogP contribution in [0.3, 0.4) is 0 Å². The molecular formula is C29H33NO3S. The van der Waals surface area contributed by atoms with E-state index in [1.54, 1.807) is 11.0 Å². The Labute approximate surface area is 206 Å². The van der Waals surface area contributed by atoms with Crippen molar-refractivity contribution in [3.05, 3.63) is 99.3 Å². The summed E-state index contributed by atoms with van der Waals surface area (Å²) in [5.74, 6) is 0.352. The van der Waals surface area contributed by atoms with Crippen LogP contribution in [0.5, 0.6) is 5.75 Å². The van der Waals surface area contributed by atoms with Gasteiger partial charge in [-0.05, 0) is 52.8 Å². The molecule has 2 heterocycles. The molecule has 0 amide bonds. The molecule has 1 aromatic heterocycles. The van der Waals surface area contributed by atoms with Gasteiger partial charge in [-0.2, -0.15) is 0 Å². The third kappa shape index (κ3) is 6.16. The van der Waals surface area contributed by atoms with E-state index < -0.39 is 5.97 Å². The molecule has 0 saturated carbocycles. The van der Waals surface area contributed by atoms with E-state index in [1.165, 1.54) is 16.0 Å². The molecule has 34 heavy (non-hydrogen) atoms. The Balaban J connectivity index is 1.33. The minimum absolute atomic E-state index is 0.0418. The monoisotopic (exact) mass is 475 g/mol. The largest absolute Gasteiger partial charge is 0.489 e. The topological polar surface area (TPSA) is 49.8 Å². The maximum Gasteiger partial charge on any atom is 0.304 e. The lowest BCUT2D eigenvalue weighted by molar-refractivity contribution is -0.137. The molecule has 2 aromatic carbocycles. The zero-order chi connectivity index (χ0) is 24.1. The number of thiophene rings is 1.